The number of sulfonamides is 2. The lowest BCUT2D eigenvalue weighted by Crippen LogP contribution is -2.33. The minimum absolute atomic E-state index is 0.119. The molecule has 1 aromatic rings. The molecule has 0 saturated carbocycles. The van der Waals surface area contributed by atoms with Crippen molar-refractivity contribution in [1.29, 1.82) is 0 Å². The van der Waals surface area contributed by atoms with Gasteiger partial charge in [0, 0.05) is 11.6 Å². The third-order valence-electron chi connectivity index (χ3n) is 2.28. The molecule has 0 unspecified atom stereocenters. The van der Waals surface area contributed by atoms with Crippen LogP contribution in [0.15, 0.2) is 17.0 Å². The van der Waals surface area contributed by atoms with Gasteiger partial charge in [-0.3, -0.25) is 0 Å². The summed E-state index contributed by atoms with van der Waals surface area (Å²) in [6.45, 7) is -0.316. The maximum atomic E-state index is 12.0. The fourth-order valence-electron chi connectivity index (χ4n) is 1.35. The molecule has 114 valence electrons. The smallest absolute Gasteiger partial charge is 0.244 e. The van der Waals surface area contributed by atoms with Gasteiger partial charge < -0.3 is 5.73 Å². The average Bonchev–Trinajstić information content (AvgIpc) is 2.26. The van der Waals surface area contributed by atoms with Crippen LogP contribution < -0.4 is 15.2 Å². The van der Waals surface area contributed by atoms with E-state index in [4.69, 9.17) is 28.9 Å². The summed E-state index contributed by atoms with van der Waals surface area (Å²) in [6.07, 6.45) is 0. The Bertz CT molecular complexity index is 681. The van der Waals surface area contributed by atoms with E-state index in [2.05, 4.69) is 9.44 Å². The summed E-state index contributed by atoms with van der Waals surface area (Å²) >= 11 is 11.5. The van der Waals surface area contributed by atoms with Crippen LogP contribution in [0, 0.1) is 0 Å². The van der Waals surface area contributed by atoms with E-state index in [1.807, 2.05) is 0 Å². The highest BCUT2D eigenvalue weighted by Gasteiger charge is 2.22. The van der Waals surface area contributed by atoms with Crippen LogP contribution in [0.5, 0.6) is 0 Å². The van der Waals surface area contributed by atoms with E-state index >= 15 is 0 Å². The van der Waals surface area contributed by atoms with Gasteiger partial charge in [0.1, 0.15) is 4.90 Å². The Labute approximate surface area is 127 Å². The first-order valence-corrected chi connectivity index (χ1v) is 9.13. The molecule has 1 rings (SSSR count). The van der Waals surface area contributed by atoms with Gasteiger partial charge in [-0.15, -0.1) is 0 Å². The molecule has 0 spiro atoms. The molecule has 7 nitrogen and oxygen atoms in total. The van der Waals surface area contributed by atoms with Crippen molar-refractivity contribution in [1.82, 2.24) is 9.44 Å². The van der Waals surface area contributed by atoms with E-state index in [0.29, 0.717) is 0 Å². The second kappa shape index (κ2) is 6.46. The van der Waals surface area contributed by atoms with Gasteiger partial charge in [0.05, 0.1) is 16.5 Å². The highest BCUT2D eigenvalue weighted by molar-refractivity contribution is 7.90. The lowest BCUT2D eigenvalue weighted by Gasteiger charge is -2.11. The van der Waals surface area contributed by atoms with Crippen molar-refractivity contribution >= 4 is 48.9 Å². The van der Waals surface area contributed by atoms with Crippen LogP contribution in [0.1, 0.15) is 0 Å². The molecule has 0 heterocycles. The molecule has 0 radical (unpaired) electrons. The van der Waals surface area contributed by atoms with Gasteiger partial charge in [0.2, 0.25) is 20.0 Å². The molecule has 4 N–H and O–H groups in total. The summed E-state index contributed by atoms with van der Waals surface area (Å²) in [6, 6.07) is 2.48. The first-order chi connectivity index (χ1) is 9.09. The van der Waals surface area contributed by atoms with Crippen LogP contribution in [-0.4, -0.2) is 36.2 Å². The summed E-state index contributed by atoms with van der Waals surface area (Å²) in [5, 5.41) is 0.0585. The summed E-state index contributed by atoms with van der Waals surface area (Å²) in [5.74, 6) is -0.409. The zero-order chi connectivity index (χ0) is 15.6. The minimum Gasteiger partial charge on any atom is -0.398 e. The topological polar surface area (TPSA) is 118 Å². The van der Waals surface area contributed by atoms with Crippen molar-refractivity contribution < 1.29 is 16.8 Å². The van der Waals surface area contributed by atoms with Crippen molar-refractivity contribution in [2.75, 3.05) is 25.1 Å². The predicted octanol–water partition coefficient (Wildman–Crippen LogP) is 0.403. The molecule has 0 aliphatic heterocycles. The highest BCUT2D eigenvalue weighted by Crippen LogP contribution is 2.30. The van der Waals surface area contributed by atoms with Gasteiger partial charge in [-0.1, -0.05) is 23.2 Å². The van der Waals surface area contributed by atoms with Crippen LogP contribution in [0.3, 0.4) is 0 Å². The molecule has 0 bridgehead atoms. The Kier molecular flexibility index (Phi) is 5.64. The van der Waals surface area contributed by atoms with Crippen LogP contribution in [0.2, 0.25) is 10.0 Å². The SMILES string of the molecule is CNS(=O)(=O)CCNS(=O)(=O)c1c(N)cc(Cl)cc1Cl. The molecule has 20 heavy (non-hydrogen) atoms. The average molecular weight is 362 g/mol. The third-order valence-corrected chi connectivity index (χ3v) is 5.85. The zero-order valence-corrected chi connectivity index (χ0v) is 13.5. The zero-order valence-electron chi connectivity index (χ0n) is 10.4. The maximum Gasteiger partial charge on any atom is 0.244 e. The Morgan fingerprint density at radius 3 is 2.30 bits per heavy atom. The van der Waals surface area contributed by atoms with Crippen molar-refractivity contribution in [3.05, 3.63) is 22.2 Å². The largest absolute Gasteiger partial charge is 0.398 e. The minimum atomic E-state index is -4.03. The first kappa shape index (κ1) is 17.5. The van der Waals surface area contributed by atoms with Crippen molar-refractivity contribution in [2.24, 2.45) is 0 Å². The van der Waals surface area contributed by atoms with Crippen LogP contribution in [-0.2, 0) is 20.0 Å². The Balaban J connectivity index is 2.96. The van der Waals surface area contributed by atoms with Gasteiger partial charge >= 0.3 is 0 Å². The van der Waals surface area contributed by atoms with E-state index in [-0.39, 0.29) is 27.2 Å². The summed E-state index contributed by atoms with van der Waals surface area (Å²) in [7, 11) is -6.31. The van der Waals surface area contributed by atoms with Crippen molar-refractivity contribution in [2.45, 2.75) is 4.90 Å². The van der Waals surface area contributed by atoms with E-state index in [9.17, 15) is 16.8 Å². The predicted molar refractivity (Wildman–Crippen MR) is 78.9 cm³/mol. The molecule has 11 heteroatoms. The second-order valence-electron chi connectivity index (χ2n) is 3.73. The number of anilines is 1. The number of hydrogen-bond donors (Lipinski definition) is 3. The fraction of sp³-hybridized carbons (Fsp3) is 0.333. The molecule has 0 aliphatic rings. The Hall–Kier alpha value is -0.580. The third kappa shape index (κ3) is 4.47. The molecule has 0 aliphatic carbocycles. The standard InChI is InChI=1S/C9H13Cl2N3O4S2/c1-13-19(15,16)3-2-14-20(17,18)9-7(11)4-6(10)5-8(9)12/h4-5,13-14H,2-3,12H2,1H3. The first-order valence-electron chi connectivity index (χ1n) is 5.24. The van der Waals surface area contributed by atoms with E-state index in [1.165, 1.54) is 19.2 Å². The van der Waals surface area contributed by atoms with E-state index in [1.54, 1.807) is 0 Å². The maximum absolute atomic E-state index is 12.0. The quantitative estimate of drug-likeness (QED) is 0.633. The normalized spacial score (nSPS) is 12.6. The number of benzene rings is 1. The Morgan fingerprint density at radius 1 is 1.20 bits per heavy atom. The number of halogens is 2. The molecular weight excluding hydrogens is 349 g/mol. The van der Waals surface area contributed by atoms with Gasteiger partial charge in [0.15, 0.2) is 0 Å². The fourth-order valence-corrected chi connectivity index (χ4v) is 4.07. The van der Waals surface area contributed by atoms with Crippen molar-refractivity contribution in [3.63, 3.8) is 0 Å². The number of rotatable bonds is 6. The van der Waals surface area contributed by atoms with Crippen LogP contribution >= 0.6 is 23.2 Å². The molecule has 0 aromatic heterocycles. The highest BCUT2D eigenvalue weighted by atomic mass is 35.5. The van der Waals surface area contributed by atoms with E-state index in [0.717, 1.165) is 0 Å². The number of nitrogens with two attached hydrogens (primary N) is 1. The van der Waals surface area contributed by atoms with Crippen LogP contribution in [0.25, 0.3) is 0 Å². The number of nitrogens with one attached hydrogen (secondary N) is 2. The Morgan fingerprint density at radius 2 is 1.80 bits per heavy atom. The molecule has 0 atom stereocenters. The van der Waals surface area contributed by atoms with Gasteiger partial charge in [-0.2, -0.15) is 0 Å². The molecule has 0 amide bonds. The van der Waals surface area contributed by atoms with Crippen LogP contribution in [0.4, 0.5) is 5.69 Å². The van der Waals surface area contributed by atoms with Gasteiger partial charge in [0.25, 0.3) is 0 Å². The van der Waals surface area contributed by atoms with Gasteiger partial charge in [-0.05, 0) is 19.2 Å². The van der Waals surface area contributed by atoms with E-state index < -0.39 is 25.8 Å². The molecule has 0 fully saturated rings. The molecule has 0 saturated heterocycles. The molecule has 1 aromatic carbocycles. The van der Waals surface area contributed by atoms with Gasteiger partial charge in [-0.25, -0.2) is 26.3 Å². The van der Waals surface area contributed by atoms with Crippen molar-refractivity contribution in [3.8, 4) is 0 Å². The monoisotopic (exact) mass is 361 g/mol. The number of nitrogen functional groups attached to an aromatic ring is 1. The second-order valence-corrected chi connectivity index (χ2v) is 8.32. The molecular formula is C9H13Cl2N3O4S2. The summed E-state index contributed by atoms with van der Waals surface area (Å²) in [5.41, 5.74) is 5.45. The number of hydrogen-bond acceptors (Lipinski definition) is 5. The summed E-state index contributed by atoms with van der Waals surface area (Å²) < 4.78 is 50.6. The lowest BCUT2D eigenvalue weighted by atomic mass is 10.3. The lowest BCUT2D eigenvalue weighted by molar-refractivity contribution is 0.579. The summed E-state index contributed by atoms with van der Waals surface area (Å²) in [4.78, 5) is -0.328.